The summed E-state index contributed by atoms with van der Waals surface area (Å²) in [5, 5.41) is 0. The zero-order valence-electron chi connectivity index (χ0n) is 8.72. The van der Waals surface area contributed by atoms with E-state index in [0.29, 0.717) is 17.9 Å². The summed E-state index contributed by atoms with van der Waals surface area (Å²) in [4.78, 5) is 10.7. The summed E-state index contributed by atoms with van der Waals surface area (Å²) < 4.78 is 5.56. The van der Waals surface area contributed by atoms with Gasteiger partial charge in [-0.05, 0) is 23.8 Å². The van der Waals surface area contributed by atoms with Crippen LogP contribution in [0.25, 0.3) is 0 Å². The Balaban J connectivity index is 2.08. The Morgan fingerprint density at radius 3 is 2.75 bits per heavy atom. The largest absolute Gasteiger partial charge is 0.488 e. The maximum Gasteiger partial charge on any atom is 0.153 e. The van der Waals surface area contributed by atoms with Gasteiger partial charge in [0, 0.05) is 0 Å². The van der Waals surface area contributed by atoms with Crippen molar-refractivity contribution in [3.05, 3.63) is 65.7 Å². The smallest absolute Gasteiger partial charge is 0.153 e. The molecule has 16 heavy (non-hydrogen) atoms. The molecule has 0 aromatic heterocycles. The topological polar surface area (TPSA) is 26.3 Å². The average molecular weight is 211 g/mol. The van der Waals surface area contributed by atoms with E-state index in [9.17, 15) is 4.79 Å². The fourth-order valence-corrected chi connectivity index (χ4v) is 1.39. The van der Waals surface area contributed by atoms with Crippen molar-refractivity contribution in [1.29, 1.82) is 0 Å². The second-order valence-corrected chi connectivity index (χ2v) is 3.36. The zero-order chi connectivity index (χ0) is 11.2. The predicted molar refractivity (Wildman–Crippen MR) is 61.4 cm³/mol. The maximum atomic E-state index is 10.7. The predicted octanol–water partition coefficient (Wildman–Crippen LogP) is 2.88. The second-order valence-electron chi connectivity index (χ2n) is 3.36. The van der Waals surface area contributed by atoms with Crippen molar-refractivity contribution in [1.82, 2.24) is 0 Å². The number of aldehydes is 1. The Labute approximate surface area is 94.5 Å². The van der Waals surface area contributed by atoms with E-state index in [0.717, 1.165) is 11.8 Å². The molecular weight excluding hydrogens is 200 g/mol. The van der Waals surface area contributed by atoms with Gasteiger partial charge in [0.1, 0.15) is 12.4 Å². The van der Waals surface area contributed by atoms with Crippen molar-refractivity contribution in [3.63, 3.8) is 0 Å². The highest BCUT2D eigenvalue weighted by Gasteiger charge is 2.01. The van der Waals surface area contributed by atoms with Crippen LogP contribution >= 0.6 is 0 Å². The quantitative estimate of drug-likeness (QED) is 0.727. The number of hydrogen-bond donors (Lipinski definition) is 0. The normalized spacial score (nSPS) is 9.75. The molecule has 0 saturated heterocycles. The van der Waals surface area contributed by atoms with E-state index in [1.54, 1.807) is 18.2 Å². The Kier molecular flexibility index (Phi) is 3.34. The van der Waals surface area contributed by atoms with Crippen LogP contribution in [0, 0.1) is 6.07 Å². The minimum Gasteiger partial charge on any atom is -0.488 e. The molecule has 79 valence electrons. The summed E-state index contributed by atoms with van der Waals surface area (Å²) >= 11 is 0. The third-order valence-electron chi connectivity index (χ3n) is 2.22. The van der Waals surface area contributed by atoms with Gasteiger partial charge in [-0.2, -0.15) is 0 Å². The average Bonchev–Trinajstić information content (AvgIpc) is 2.38. The lowest BCUT2D eigenvalue weighted by atomic mass is 10.2. The molecule has 0 fully saturated rings. The molecule has 0 saturated carbocycles. The SMILES string of the molecule is O=Cc1c[c]ccc1OCc1ccccc1. The molecule has 0 aliphatic rings. The standard InChI is InChI=1S/C14H11O2/c15-10-13-8-4-5-9-14(13)16-11-12-6-2-1-3-7-12/h1-3,5-10H,11H2. The third kappa shape index (κ3) is 2.48. The van der Waals surface area contributed by atoms with Crippen LogP contribution in [0.4, 0.5) is 0 Å². The Morgan fingerprint density at radius 2 is 2.00 bits per heavy atom. The fourth-order valence-electron chi connectivity index (χ4n) is 1.39. The first-order valence-electron chi connectivity index (χ1n) is 5.02. The molecule has 2 nitrogen and oxygen atoms in total. The Hall–Kier alpha value is -2.09. The third-order valence-corrected chi connectivity index (χ3v) is 2.22. The van der Waals surface area contributed by atoms with Gasteiger partial charge in [0.15, 0.2) is 6.29 Å². The lowest BCUT2D eigenvalue weighted by Crippen LogP contribution is -1.97. The Bertz CT molecular complexity index is 463. The van der Waals surface area contributed by atoms with Crippen LogP contribution in [-0.4, -0.2) is 6.29 Å². The van der Waals surface area contributed by atoms with E-state index in [1.807, 2.05) is 30.3 Å². The summed E-state index contributed by atoms with van der Waals surface area (Å²) in [6.07, 6.45) is 0.775. The number of hydrogen-bond acceptors (Lipinski definition) is 2. The molecule has 1 radical (unpaired) electrons. The van der Waals surface area contributed by atoms with E-state index in [1.165, 1.54) is 0 Å². The first kappa shape index (κ1) is 10.4. The molecule has 2 rings (SSSR count). The molecule has 0 aliphatic heterocycles. The fraction of sp³-hybridized carbons (Fsp3) is 0.0714. The molecule has 0 aliphatic carbocycles. The van der Waals surface area contributed by atoms with Crippen LogP contribution < -0.4 is 4.74 Å². The molecule has 0 unspecified atom stereocenters. The van der Waals surface area contributed by atoms with Crippen LogP contribution in [0.2, 0.25) is 0 Å². The van der Waals surface area contributed by atoms with Crippen molar-refractivity contribution in [2.24, 2.45) is 0 Å². The van der Waals surface area contributed by atoms with E-state index < -0.39 is 0 Å². The van der Waals surface area contributed by atoms with Gasteiger partial charge in [-0.3, -0.25) is 4.79 Å². The number of carbonyl (C=O) groups excluding carboxylic acids is 1. The lowest BCUT2D eigenvalue weighted by molar-refractivity contribution is 0.111. The lowest BCUT2D eigenvalue weighted by Gasteiger charge is -2.07. The number of ether oxygens (including phenoxy) is 1. The summed E-state index contributed by atoms with van der Waals surface area (Å²) in [5.74, 6) is 0.595. The second kappa shape index (κ2) is 5.12. The molecule has 0 bridgehead atoms. The Morgan fingerprint density at radius 1 is 1.19 bits per heavy atom. The minimum atomic E-state index is 0.464. The summed E-state index contributed by atoms with van der Waals surface area (Å²) in [7, 11) is 0. The first-order valence-corrected chi connectivity index (χ1v) is 5.02. The summed E-state index contributed by atoms with van der Waals surface area (Å²) in [5.41, 5.74) is 1.60. The number of carbonyl (C=O) groups is 1. The van der Waals surface area contributed by atoms with Gasteiger partial charge < -0.3 is 4.74 Å². The highest BCUT2D eigenvalue weighted by molar-refractivity contribution is 5.78. The highest BCUT2D eigenvalue weighted by atomic mass is 16.5. The van der Waals surface area contributed by atoms with Gasteiger partial charge in [0.25, 0.3) is 0 Å². The monoisotopic (exact) mass is 211 g/mol. The van der Waals surface area contributed by atoms with Crippen molar-refractivity contribution in [2.45, 2.75) is 6.61 Å². The summed E-state index contributed by atoms with van der Waals surface area (Å²) in [6.45, 7) is 0.464. The zero-order valence-corrected chi connectivity index (χ0v) is 8.72. The molecule has 2 aromatic rings. The molecule has 0 atom stereocenters. The van der Waals surface area contributed by atoms with Crippen molar-refractivity contribution in [3.8, 4) is 5.75 Å². The van der Waals surface area contributed by atoms with Gasteiger partial charge in [-0.1, -0.05) is 36.4 Å². The highest BCUT2D eigenvalue weighted by Crippen LogP contribution is 2.16. The van der Waals surface area contributed by atoms with E-state index in [-0.39, 0.29) is 0 Å². The van der Waals surface area contributed by atoms with Gasteiger partial charge in [0.05, 0.1) is 5.56 Å². The van der Waals surface area contributed by atoms with Gasteiger partial charge >= 0.3 is 0 Å². The molecular formula is C14H11O2. The van der Waals surface area contributed by atoms with Crippen LogP contribution in [0.5, 0.6) is 5.75 Å². The number of benzene rings is 2. The van der Waals surface area contributed by atoms with Gasteiger partial charge in [-0.15, -0.1) is 0 Å². The van der Waals surface area contributed by atoms with Crippen LogP contribution in [0.3, 0.4) is 0 Å². The first-order chi connectivity index (χ1) is 7.90. The van der Waals surface area contributed by atoms with Crippen LogP contribution in [0.15, 0.2) is 48.5 Å². The molecule has 0 N–H and O–H groups in total. The van der Waals surface area contributed by atoms with E-state index in [4.69, 9.17) is 4.74 Å². The molecule has 0 heterocycles. The van der Waals surface area contributed by atoms with E-state index >= 15 is 0 Å². The minimum absolute atomic E-state index is 0.464. The molecule has 2 heteroatoms. The summed E-state index contributed by atoms with van der Waals surface area (Å²) in [6, 6.07) is 17.8. The van der Waals surface area contributed by atoms with Gasteiger partial charge in [-0.25, -0.2) is 0 Å². The van der Waals surface area contributed by atoms with Crippen LogP contribution in [-0.2, 0) is 6.61 Å². The van der Waals surface area contributed by atoms with Crippen molar-refractivity contribution in [2.75, 3.05) is 0 Å². The van der Waals surface area contributed by atoms with Crippen molar-refractivity contribution < 1.29 is 9.53 Å². The van der Waals surface area contributed by atoms with Crippen LogP contribution in [0.1, 0.15) is 15.9 Å². The number of rotatable bonds is 4. The van der Waals surface area contributed by atoms with Gasteiger partial charge in [0.2, 0.25) is 0 Å². The molecule has 2 aromatic carbocycles. The van der Waals surface area contributed by atoms with Crippen molar-refractivity contribution >= 4 is 6.29 Å². The maximum absolute atomic E-state index is 10.7. The molecule has 0 amide bonds. The van der Waals surface area contributed by atoms with E-state index in [2.05, 4.69) is 6.07 Å². The molecule has 0 spiro atoms.